The molecule has 1 amide bonds. The Kier molecular flexibility index (Phi) is 7.23. The SMILES string of the molecule is CCNC(=O)CSCC(O)CO. The van der Waals surface area contributed by atoms with Gasteiger partial charge in [-0.2, -0.15) is 0 Å². The Bertz CT molecular complexity index is 132. The molecular formula is C7H15NO3S. The molecule has 1 atom stereocenters. The van der Waals surface area contributed by atoms with Crippen LogP contribution in [0.4, 0.5) is 0 Å². The number of aliphatic hydroxyl groups excluding tert-OH is 2. The van der Waals surface area contributed by atoms with Crippen molar-refractivity contribution in [2.75, 3.05) is 24.7 Å². The summed E-state index contributed by atoms with van der Waals surface area (Å²) in [6.07, 6.45) is -0.718. The molecule has 4 nitrogen and oxygen atoms in total. The predicted molar refractivity (Wildman–Crippen MR) is 49.1 cm³/mol. The van der Waals surface area contributed by atoms with E-state index in [0.29, 0.717) is 18.1 Å². The zero-order valence-electron chi connectivity index (χ0n) is 7.12. The van der Waals surface area contributed by atoms with Crippen LogP contribution < -0.4 is 5.32 Å². The van der Waals surface area contributed by atoms with E-state index >= 15 is 0 Å². The van der Waals surface area contributed by atoms with Crippen LogP contribution in [0.5, 0.6) is 0 Å². The molecule has 0 bridgehead atoms. The molecule has 0 rings (SSSR count). The largest absolute Gasteiger partial charge is 0.394 e. The lowest BCUT2D eigenvalue weighted by atomic mass is 10.4. The molecule has 0 fully saturated rings. The lowest BCUT2D eigenvalue weighted by Gasteiger charge is -2.05. The maximum atomic E-state index is 10.8. The van der Waals surface area contributed by atoms with Gasteiger partial charge < -0.3 is 15.5 Å². The summed E-state index contributed by atoms with van der Waals surface area (Å²) in [6, 6.07) is 0. The number of carbonyl (C=O) groups excluding carboxylic acids is 1. The lowest BCUT2D eigenvalue weighted by Crippen LogP contribution is -2.25. The van der Waals surface area contributed by atoms with E-state index in [2.05, 4.69) is 5.32 Å². The van der Waals surface area contributed by atoms with Crippen LogP contribution in [0.15, 0.2) is 0 Å². The van der Waals surface area contributed by atoms with Gasteiger partial charge in [-0.15, -0.1) is 11.8 Å². The fourth-order valence-electron chi connectivity index (χ4n) is 0.589. The molecule has 0 heterocycles. The van der Waals surface area contributed by atoms with E-state index in [1.165, 1.54) is 11.8 Å². The summed E-state index contributed by atoms with van der Waals surface area (Å²) in [4.78, 5) is 10.8. The predicted octanol–water partition coefficient (Wildman–Crippen LogP) is -0.791. The summed E-state index contributed by atoms with van der Waals surface area (Å²) in [5.74, 6) is 0.700. The minimum Gasteiger partial charge on any atom is -0.394 e. The molecule has 0 aliphatic rings. The maximum Gasteiger partial charge on any atom is 0.229 e. The van der Waals surface area contributed by atoms with Crippen LogP contribution in [0, 0.1) is 0 Å². The van der Waals surface area contributed by atoms with Gasteiger partial charge in [0.1, 0.15) is 0 Å². The van der Waals surface area contributed by atoms with Crippen LogP contribution >= 0.6 is 11.8 Å². The first kappa shape index (κ1) is 11.7. The third-order valence-corrected chi connectivity index (χ3v) is 2.21. The number of nitrogens with one attached hydrogen (secondary N) is 1. The van der Waals surface area contributed by atoms with E-state index in [1.54, 1.807) is 0 Å². The van der Waals surface area contributed by atoms with Crippen molar-refractivity contribution >= 4 is 17.7 Å². The third kappa shape index (κ3) is 6.45. The average Bonchev–Trinajstić information content (AvgIpc) is 2.04. The van der Waals surface area contributed by atoms with Crippen LogP contribution in [0.2, 0.25) is 0 Å². The molecule has 0 spiro atoms. The third-order valence-electron chi connectivity index (χ3n) is 1.13. The molecule has 0 radical (unpaired) electrons. The molecule has 72 valence electrons. The minimum atomic E-state index is -0.718. The Morgan fingerprint density at radius 2 is 2.33 bits per heavy atom. The van der Waals surface area contributed by atoms with Crippen molar-refractivity contribution in [2.24, 2.45) is 0 Å². The Balaban J connectivity index is 3.24. The molecule has 0 aliphatic heterocycles. The van der Waals surface area contributed by atoms with Gasteiger partial charge in [0.15, 0.2) is 0 Å². The quantitative estimate of drug-likeness (QED) is 0.517. The second kappa shape index (κ2) is 7.39. The van der Waals surface area contributed by atoms with Crippen molar-refractivity contribution in [1.82, 2.24) is 5.32 Å². The molecule has 0 saturated carbocycles. The van der Waals surface area contributed by atoms with Crippen molar-refractivity contribution in [3.8, 4) is 0 Å². The number of carbonyl (C=O) groups is 1. The molecule has 3 N–H and O–H groups in total. The minimum absolute atomic E-state index is 0.0346. The van der Waals surface area contributed by atoms with Gasteiger partial charge in [0, 0.05) is 12.3 Å². The van der Waals surface area contributed by atoms with Crippen LogP contribution in [0.25, 0.3) is 0 Å². The van der Waals surface area contributed by atoms with Gasteiger partial charge in [-0.25, -0.2) is 0 Å². The second-order valence-corrected chi connectivity index (χ2v) is 3.34. The molecule has 0 aromatic carbocycles. The standard InChI is InChI=1S/C7H15NO3S/c1-2-8-7(11)5-12-4-6(10)3-9/h6,9-10H,2-5H2,1H3,(H,8,11). The summed E-state index contributed by atoms with van der Waals surface area (Å²) in [6.45, 7) is 2.23. The molecule has 0 aromatic heterocycles. The number of thioether (sulfide) groups is 1. The Labute approximate surface area is 76.4 Å². The van der Waals surface area contributed by atoms with Crippen LogP contribution in [0.1, 0.15) is 6.92 Å². The first-order valence-corrected chi connectivity index (χ1v) is 4.99. The Morgan fingerprint density at radius 1 is 1.67 bits per heavy atom. The number of hydrogen-bond donors (Lipinski definition) is 3. The van der Waals surface area contributed by atoms with Gasteiger partial charge in [0.2, 0.25) is 5.91 Å². The van der Waals surface area contributed by atoms with Gasteiger partial charge in [-0.3, -0.25) is 4.79 Å². The number of aliphatic hydroxyl groups is 2. The monoisotopic (exact) mass is 193 g/mol. The van der Waals surface area contributed by atoms with Gasteiger partial charge in [-0.1, -0.05) is 0 Å². The van der Waals surface area contributed by atoms with Crippen molar-refractivity contribution in [3.05, 3.63) is 0 Å². The maximum absolute atomic E-state index is 10.8. The van der Waals surface area contributed by atoms with Crippen molar-refractivity contribution in [1.29, 1.82) is 0 Å². The van der Waals surface area contributed by atoms with Crippen molar-refractivity contribution < 1.29 is 15.0 Å². The van der Waals surface area contributed by atoms with Crippen molar-refractivity contribution in [2.45, 2.75) is 13.0 Å². The smallest absolute Gasteiger partial charge is 0.229 e. The van der Waals surface area contributed by atoms with E-state index in [0.717, 1.165) is 0 Å². The molecule has 0 aliphatic carbocycles. The lowest BCUT2D eigenvalue weighted by molar-refractivity contribution is -0.118. The number of rotatable bonds is 6. The molecule has 1 unspecified atom stereocenters. The van der Waals surface area contributed by atoms with Gasteiger partial charge in [0.05, 0.1) is 18.5 Å². The van der Waals surface area contributed by atoms with Crippen LogP contribution in [-0.4, -0.2) is 46.9 Å². The van der Waals surface area contributed by atoms with Gasteiger partial charge in [-0.05, 0) is 6.92 Å². The summed E-state index contributed by atoms with van der Waals surface area (Å²) >= 11 is 1.31. The Morgan fingerprint density at radius 3 is 2.83 bits per heavy atom. The van der Waals surface area contributed by atoms with Crippen LogP contribution in [-0.2, 0) is 4.79 Å². The number of amides is 1. The normalized spacial score (nSPS) is 12.6. The first-order valence-electron chi connectivity index (χ1n) is 3.84. The molecule has 0 saturated heterocycles. The van der Waals surface area contributed by atoms with E-state index in [4.69, 9.17) is 10.2 Å². The highest BCUT2D eigenvalue weighted by molar-refractivity contribution is 7.99. The summed E-state index contributed by atoms with van der Waals surface area (Å²) in [7, 11) is 0. The summed E-state index contributed by atoms with van der Waals surface area (Å²) < 4.78 is 0. The van der Waals surface area contributed by atoms with Gasteiger partial charge >= 0.3 is 0 Å². The molecule has 5 heteroatoms. The molecular weight excluding hydrogens is 178 g/mol. The fraction of sp³-hybridized carbons (Fsp3) is 0.857. The zero-order valence-corrected chi connectivity index (χ0v) is 7.93. The van der Waals surface area contributed by atoms with E-state index in [-0.39, 0.29) is 12.5 Å². The van der Waals surface area contributed by atoms with Gasteiger partial charge in [0.25, 0.3) is 0 Å². The Hall–Kier alpha value is -0.260. The highest BCUT2D eigenvalue weighted by Gasteiger charge is 2.04. The van der Waals surface area contributed by atoms with E-state index in [1.807, 2.05) is 6.92 Å². The van der Waals surface area contributed by atoms with Crippen molar-refractivity contribution in [3.63, 3.8) is 0 Å². The van der Waals surface area contributed by atoms with Crippen LogP contribution in [0.3, 0.4) is 0 Å². The van der Waals surface area contributed by atoms with E-state index in [9.17, 15) is 4.79 Å². The zero-order chi connectivity index (χ0) is 9.40. The highest BCUT2D eigenvalue weighted by Crippen LogP contribution is 2.01. The summed E-state index contributed by atoms with van der Waals surface area (Å²) in [5, 5.41) is 20.0. The average molecular weight is 193 g/mol. The molecule has 12 heavy (non-hydrogen) atoms. The van der Waals surface area contributed by atoms with E-state index < -0.39 is 6.10 Å². The first-order chi connectivity index (χ1) is 5.70. The summed E-state index contributed by atoms with van der Waals surface area (Å²) in [5.41, 5.74) is 0. The fourth-order valence-corrected chi connectivity index (χ4v) is 1.37. The second-order valence-electron chi connectivity index (χ2n) is 2.31. The number of hydrogen-bond acceptors (Lipinski definition) is 4. The molecule has 0 aromatic rings. The topological polar surface area (TPSA) is 69.6 Å². The highest BCUT2D eigenvalue weighted by atomic mass is 32.2.